The molecule has 7 heteroatoms. The van der Waals surface area contributed by atoms with Crippen LogP contribution < -0.4 is 5.73 Å². The molecule has 1 aliphatic heterocycles. The van der Waals surface area contributed by atoms with E-state index in [1.54, 1.807) is 4.90 Å². The summed E-state index contributed by atoms with van der Waals surface area (Å²) < 4.78 is 9.78. The minimum absolute atomic E-state index is 0.00194. The highest BCUT2D eigenvalue weighted by Crippen LogP contribution is 2.13. The summed E-state index contributed by atoms with van der Waals surface area (Å²) in [5, 5.41) is 0. The number of nitrogens with two attached hydrogens (primary N) is 1. The summed E-state index contributed by atoms with van der Waals surface area (Å²) in [7, 11) is 0. The van der Waals surface area contributed by atoms with Gasteiger partial charge in [0, 0.05) is 13.1 Å². The molecule has 0 saturated carbocycles. The van der Waals surface area contributed by atoms with Gasteiger partial charge in [0.05, 0.1) is 0 Å². The number of likely N-dealkylation sites (tertiary alicyclic amines) is 1. The van der Waals surface area contributed by atoms with Crippen LogP contribution in [0, 0.1) is 0 Å². The minimum atomic E-state index is -0.673. The number of rotatable bonds is 2. The van der Waals surface area contributed by atoms with E-state index in [4.69, 9.17) is 10.5 Å². The molecule has 0 aromatic carbocycles. The van der Waals surface area contributed by atoms with Gasteiger partial charge in [0.2, 0.25) is 0 Å². The first-order chi connectivity index (χ1) is 9.73. The second kappa shape index (κ2) is 6.92. The maximum absolute atomic E-state index is 11.1. The van der Waals surface area contributed by atoms with Gasteiger partial charge >= 0.3 is 6.09 Å². The Morgan fingerprint density at radius 1 is 1.33 bits per heavy atom. The van der Waals surface area contributed by atoms with Gasteiger partial charge in [-0.25, -0.2) is 4.79 Å². The monoisotopic (exact) mass is 296 g/mol. The molecule has 2 heterocycles. The molecule has 116 valence electrons. The molecule has 2 N–H and O–H groups in total. The average Bonchev–Trinajstić information content (AvgIpc) is 2.73. The largest absolute Gasteiger partial charge is 0.448 e. The van der Waals surface area contributed by atoms with Crippen LogP contribution in [0.15, 0.2) is 16.5 Å². The summed E-state index contributed by atoms with van der Waals surface area (Å²) in [6, 6.07) is 2.74. The molecule has 1 aromatic heterocycles. The van der Waals surface area contributed by atoms with Crippen molar-refractivity contribution in [2.24, 2.45) is 5.73 Å². The minimum Gasteiger partial charge on any atom is -0.448 e. The third-order valence-electron chi connectivity index (χ3n) is 2.49. The first-order valence-electron chi connectivity index (χ1n) is 6.55. The fraction of sp³-hybridized carbons (Fsp3) is 0.500. The van der Waals surface area contributed by atoms with Crippen LogP contribution in [0.3, 0.4) is 0 Å². The average molecular weight is 296 g/mol. The Morgan fingerprint density at radius 3 is 2.24 bits per heavy atom. The number of hydrogen-bond acceptors (Lipinski definition) is 5. The van der Waals surface area contributed by atoms with Crippen LogP contribution in [0.1, 0.15) is 48.3 Å². The van der Waals surface area contributed by atoms with Crippen LogP contribution in [0.25, 0.3) is 0 Å². The van der Waals surface area contributed by atoms with Crippen molar-refractivity contribution in [3.05, 3.63) is 23.7 Å². The molecule has 0 atom stereocenters. The van der Waals surface area contributed by atoms with Gasteiger partial charge in [-0.1, -0.05) is 0 Å². The lowest BCUT2D eigenvalue weighted by Crippen LogP contribution is -2.44. The van der Waals surface area contributed by atoms with E-state index in [9.17, 15) is 14.4 Å². The van der Waals surface area contributed by atoms with E-state index in [1.807, 2.05) is 20.8 Å². The van der Waals surface area contributed by atoms with Crippen molar-refractivity contribution >= 4 is 18.3 Å². The van der Waals surface area contributed by atoms with Crippen molar-refractivity contribution in [3.63, 3.8) is 0 Å². The van der Waals surface area contributed by atoms with E-state index >= 15 is 0 Å². The van der Waals surface area contributed by atoms with Gasteiger partial charge in [-0.15, -0.1) is 0 Å². The molecule has 0 unspecified atom stereocenters. The Morgan fingerprint density at radius 2 is 1.95 bits per heavy atom. The Bertz CT molecular complexity index is 512. The fourth-order valence-corrected chi connectivity index (χ4v) is 1.37. The van der Waals surface area contributed by atoms with Crippen LogP contribution >= 0.6 is 0 Å². The van der Waals surface area contributed by atoms with Gasteiger partial charge in [-0.3, -0.25) is 9.59 Å². The molecule has 1 saturated heterocycles. The number of carbonyl (C=O) groups excluding carboxylic acids is 3. The van der Waals surface area contributed by atoms with Crippen LogP contribution in [-0.4, -0.2) is 41.9 Å². The van der Waals surface area contributed by atoms with Gasteiger partial charge in [0.25, 0.3) is 5.91 Å². The number of aldehydes is 1. The highest BCUT2D eigenvalue weighted by molar-refractivity contribution is 5.90. The number of amides is 2. The normalized spacial score (nSPS) is 13.6. The summed E-state index contributed by atoms with van der Waals surface area (Å²) in [6.45, 7) is 7.35. The zero-order chi connectivity index (χ0) is 16.0. The van der Waals surface area contributed by atoms with E-state index in [0.29, 0.717) is 6.29 Å². The molecule has 21 heavy (non-hydrogen) atoms. The third kappa shape index (κ3) is 5.68. The van der Waals surface area contributed by atoms with Crippen molar-refractivity contribution in [2.45, 2.75) is 32.8 Å². The molecule has 0 spiro atoms. The van der Waals surface area contributed by atoms with E-state index < -0.39 is 5.91 Å². The van der Waals surface area contributed by atoms with Crippen molar-refractivity contribution in [2.75, 3.05) is 13.1 Å². The number of furan rings is 1. The lowest BCUT2D eigenvalue weighted by molar-refractivity contribution is 0.0130. The topological polar surface area (TPSA) is 103 Å². The SMILES string of the molecule is CC(C)(C)OC(=O)N1CCC1.NC(=O)c1ccc(C=O)o1. The molecule has 1 fully saturated rings. The number of primary amides is 1. The van der Waals surface area contributed by atoms with Gasteiger partial charge in [-0.2, -0.15) is 0 Å². The second-order valence-electron chi connectivity index (χ2n) is 5.51. The molecule has 0 bridgehead atoms. The zero-order valence-electron chi connectivity index (χ0n) is 12.4. The van der Waals surface area contributed by atoms with Gasteiger partial charge < -0.3 is 19.8 Å². The molecule has 0 aliphatic carbocycles. The molecule has 7 nitrogen and oxygen atoms in total. The van der Waals surface area contributed by atoms with Crippen molar-refractivity contribution in [3.8, 4) is 0 Å². The number of hydrogen-bond donors (Lipinski definition) is 1. The first kappa shape index (κ1) is 16.7. The Hall–Kier alpha value is -2.31. The Balaban J connectivity index is 0.000000211. The molecule has 1 aliphatic rings. The molecule has 2 rings (SSSR count). The zero-order valence-corrected chi connectivity index (χ0v) is 12.4. The smallest absolute Gasteiger partial charge is 0.410 e. The molecule has 0 radical (unpaired) electrons. The summed E-state index contributed by atoms with van der Waals surface area (Å²) >= 11 is 0. The molecular formula is C14H20N2O5. The van der Waals surface area contributed by atoms with Gasteiger partial charge in [0.1, 0.15) is 5.60 Å². The summed E-state index contributed by atoms with van der Waals surface area (Å²) in [6.07, 6.45) is 1.44. The van der Waals surface area contributed by atoms with E-state index in [1.165, 1.54) is 12.1 Å². The maximum Gasteiger partial charge on any atom is 0.410 e. The standard InChI is InChI=1S/C8H15NO2.C6H5NO3/c1-8(2,3)11-7(10)9-5-4-6-9;7-6(9)5-2-1-4(3-8)10-5/h4-6H2,1-3H3;1-3H,(H2,7,9). The molecule has 2 amide bonds. The van der Waals surface area contributed by atoms with Crippen LogP contribution in [-0.2, 0) is 4.74 Å². The van der Waals surface area contributed by atoms with Gasteiger partial charge in [-0.05, 0) is 39.3 Å². The quantitative estimate of drug-likeness (QED) is 0.838. The van der Waals surface area contributed by atoms with Crippen molar-refractivity contribution in [1.29, 1.82) is 0 Å². The predicted molar refractivity (Wildman–Crippen MR) is 75.0 cm³/mol. The summed E-state index contributed by atoms with van der Waals surface area (Å²) in [5.74, 6) is -0.566. The van der Waals surface area contributed by atoms with Crippen LogP contribution in [0.2, 0.25) is 0 Å². The maximum atomic E-state index is 11.1. The number of ether oxygens (including phenoxy) is 1. The fourth-order valence-electron chi connectivity index (χ4n) is 1.37. The lowest BCUT2D eigenvalue weighted by Gasteiger charge is -2.32. The highest BCUT2D eigenvalue weighted by atomic mass is 16.6. The molecule has 1 aromatic rings. The van der Waals surface area contributed by atoms with Crippen LogP contribution in [0.4, 0.5) is 4.79 Å². The molecular weight excluding hydrogens is 276 g/mol. The Labute approximate surface area is 123 Å². The van der Waals surface area contributed by atoms with E-state index in [0.717, 1.165) is 19.5 Å². The lowest BCUT2D eigenvalue weighted by atomic mass is 10.2. The van der Waals surface area contributed by atoms with Crippen molar-refractivity contribution < 1.29 is 23.5 Å². The second-order valence-corrected chi connectivity index (χ2v) is 5.51. The highest BCUT2D eigenvalue weighted by Gasteiger charge is 2.25. The Kier molecular flexibility index (Phi) is 5.52. The van der Waals surface area contributed by atoms with Crippen LogP contribution in [0.5, 0.6) is 0 Å². The van der Waals surface area contributed by atoms with E-state index in [-0.39, 0.29) is 23.2 Å². The van der Waals surface area contributed by atoms with Gasteiger partial charge in [0.15, 0.2) is 17.8 Å². The predicted octanol–water partition coefficient (Wildman–Crippen LogP) is 1.82. The summed E-state index contributed by atoms with van der Waals surface area (Å²) in [5.41, 5.74) is 4.48. The number of carbonyl (C=O) groups is 3. The number of nitrogens with zero attached hydrogens (tertiary/aromatic N) is 1. The van der Waals surface area contributed by atoms with Crippen molar-refractivity contribution in [1.82, 2.24) is 4.90 Å². The third-order valence-corrected chi connectivity index (χ3v) is 2.49. The van der Waals surface area contributed by atoms with E-state index in [2.05, 4.69) is 4.42 Å². The summed E-state index contributed by atoms with van der Waals surface area (Å²) in [4.78, 5) is 33.2. The first-order valence-corrected chi connectivity index (χ1v) is 6.55.